The number of nitrogens with zero attached hydrogens (tertiary/aromatic N) is 4. The zero-order valence-electron chi connectivity index (χ0n) is 33.0. The van der Waals surface area contributed by atoms with Gasteiger partial charge in [0.25, 0.3) is 60.7 Å². The maximum atomic E-state index is 12.4. The molecule has 0 fully saturated rings. The second-order valence-electron chi connectivity index (χ2n) is 13.3. The van der Waals surface area contributed by atoms with Crippen molar-refractivity contribution in [1.82, 2.24) is 0 Å². The number of hydrogen-bond donors (Lipinski definition) is 10. The van der Waals surface area contributed by atoms with Gasteiger partial charge in [0.05, 0.1) is 33.5 Å². The molecule has 0 saturated heterocycles. The molecular formula is C34H26N6NaO20S6+. The number of aromatic hydroxyl groups is 2. The predicted molar refractivity (Wildman–Crippen MR) is 229 cm³/mol. The van der Waals surface area contributed by atoms with Crippen molar-refractivity contribution in [2.75, 3.05) is 11.5 Å². The van der Waals surface area contributed by atoms with Crippen LogP contribution < -0.4 is 41.0 Å². The van der Waals surface area contributed by atoms with E-state index in [4.69, 9.17) is 11.5 Å². The molecular weight excluding hydrogens is 1030 g/mol. The molecule has 0 heterocycles. The van der Waals surface area contributed by atoms with Crippen LogP contribution in [0.2, 0.25) is 0 Å². The number of fused-ring (bicyclic) bond motifs is 2. The molecule has 12 N–H and O–H groups in total. The number of phenols is 2. The van der Waals surface area contributed by atoms with Crippen LogP contribution in [0.5, 0.6) is 11.5 Å². The van der Waals surface area contributed by atoms with Gasteiger partial charge in [0, 0.05) is 10.8 Å². The zero-order chi connectivity index (χ0) is 49.3. The maximum Gasteiger partial charge on any atom is 1.00 e. The van der Waals surface area contributed by atoms with Gasteiger partial charge in [-0.1, -0.05) is 36.4 Å². The Balaban J connectivity index is 0.00000840. The summed E-state index contributed by atoms with van der Waals surface area (Å²) in [6.45, 7) is 0. The molecule has 0 aliphatic heterocycles. The number of benzene rings is 6. The molecule has 0 atom stereocenters. The first-order chi connectivity index (χ1) is 30.2. The van der Waals surface area contributed by atoms with Crippen LogP contribution in [0.1, 0.15) is 11.1 Å². The molecule has 26 nitrogen and oxygen atoms in total. The van der Waals surface area contributed by atoms with Gasteiger partial charge < -0.3 is 21.7 Å². The first kappa shape index (κ1) is 52.4. The summed E-state index contributed by atoms with van der Waals surface area (Å²) in [5, 5.41) is 34.4. The van der Waals surface area contributed by atoms with E-state index in [9.17, 15) is 88.0 Å². The Kier molecular flexibility index (Phi) is 14.2. The van der Waals surface area contributed by atoms with Crippen LogP contribution in [0, 0.1) is 0 Å². The first-order valence-corrected chi connectivity index (χ1v) is 25.6. The topological polar surface area (TPSA) is 468 Å². The van der Waals surface area contributed by atoms with Crippen LogP contribution in [-0.2, 0) is 60.7 Å². The van der Waals surface area contributed by atoms with Crippen LogP contribution >= 0.6 is 0 Å². The summed E-state index contributed by atoms with van der Waals surface area (Å²) in [5.74, 6) is -2.02. The molecule has 0 saturated carbocycles. The molecule has 0 aliphatic rings. The Bertz CT molecular complexity index is 3670. The van der Waals surface area contributed by atoms with Crippen LogP contribution in [0.15, 0.2) is 123 Å². The van der Waals surface area contributed by atoms with Gasteiger partial charge in [-0.2, -0.15) is 60.7 Å². The summed E-state index contributed by atoms with van der Waals surface area (Å²) in [4.78, 5) is -6.26. The van der Waals surface area contributed by atoms with Gasteiger partial charge >= 0.3 is 29.6 Å². The molecule has 0 aliphatic carbocycles. The molecule has 0 amide bonds. The molecule has 0 radical (unpaired) electrons. The Morgan fingerprint density at radius 3 is 0.970 bits per heavy atom. The van der Waals surface area contributed by atoms with E-state index in [0.717, 1.165) is 72.8 Å². The number of nitrogen functional groups attached to an aromatic ring is 2. The van der Waals surface area contributed by atoms with Gasteiger partial charge in [0.2, 0.25) is 0 Å². The van der Waals surface area contributed by atoms with Crippen LogP contribution in [0.3, 0.4) is 0 Å². The molecule has 348 valence electrons. The zero-order valence-corrected chi connectivity index (χ0v) is 39.9. The largest absolute Gasteiger partial charge is 1.00 e. The average molecular weight is 1050 g/mol. The van der Waals surface area contributed by atoms with Crippen molar-refractivity contribution in [3.8, 4) is 11.5 Å². The number of nitrogens with two attached hydrogens (primary N) is 2. The third-order valence-electron chi connectivity index (χ3n) is 9.09. The Labute approximate surface area is 399 Å². The Hall–Kier alpha value is -5.56. The van der Waals surface area contributed by atoms with Crippen LogP contribution in [0.25, 0.3) is 33.7 Å². The first-order valence-electron chi connectivity index (χ1n) is 17.0. The van der Waals surface area contributed by atoms with E-state index in [1.807, 2.05) is 0 Å². The van der Waals surface area contributed by atoms with Gasteiger partial charge in [-0.15, -0.1) is 10.2 Å². The van der Waals surface area contributed by atoms with Gasteiger partial charge in [0.1, 0.15) is 40.7 Å². The van der Waals surface area contributed by atoms with E-state index in [2.05, 4.69) is 20.5 Å². The van der Waals surface area contributed by atoms with Crippen LogP contribution in [0.4, 0.5) is 34.1 Å². The Morgan fingerprint density at radius 1 is 0.388 bits per heavy atom. The number of rotatable bonds is 12. The van der Waals surface area contributed by atoms with E-state index in [1.54, 1.807) is 0 Å². The monoisotopic (exact) mass is 1050 g/mol. The van der Waals surface area contributed by atoms with Crippen molar-refractivity contribution in [2.45, 2.75) is 29.4 Å². The molecule has 33 heteroatoms. The molecule has 6 rings (SSSR count). The molecule has 0 bridgehead atoms. The van der Waals surface area contributed by atoms with Crippen molar-refractivity contribution in [3.05, 3.63) is 83.9 Å². The SMILES string of the molecule is Nc1c(S(=O)(=O)O)cc(S(=O)(=O)O)c2ccc(N=Nc3ccc(/C=C/c4ccc(N=Nc5ccc6c(S(=O)(=O)O)cc(S(=O)(=O)O)c(N)c6c5O)cc4S(=O)(=O)O)c(S(=O)(=O)O)c3)c(O)c12.[Na+]. The molecule has 0 aromatic heterocycles. The summed E-state index contributed by atoms with van der Waals surface area (Å²) in [5.41, 5.74) is 7.52. The van der Waals surface area contributed by atoms with E-state index >= 15 is 0 Å². The summed E-state index contributed by atoms with van der Waals surface area (Å²) in [7, 11) is -31.1. The number of phenolic OH excluding ortho intramolecular Hbond substituents is 2. The van der Waals surface area contributed by atoms with E-state index in [-0.39, 0.29) is 52.1 Å². The van der Waals surface area contributed by atoms with Gasteiger partial charge in [-0.25, -0.2) is 0 Å². The Morgan fingerprint density at radius 2 is 0.687 bits per heavy atom. The molecule has 67 heavy (non-hydrogen) atoms. The summed E-state index contributed by atoms with van der Waals surface area (Å²) in [6.07, 6.45) is 1.96. The third-order valence-corrected chi connectivity index (χ3v) is 14.5. The van der Waals surface area contributed by atoms with Gasteiger partial charge in [0.15, 0.2) is 11.5 Å². The molecule has 0 unspecified atom stereocenters. The van der Waals surface area contributed by atoms with Crippen molar-refractivity contribution in [3.63, 3.8) is 0 Å². The number of anilines is 2. The minimum absolute atomic E-state index is 0. The van der Waals surface area contributed by atoms with Crippen molar-refractivity contribution < 1.29 is 118 Å². The second kappa shape index (κ2) is 18.2. The van der Waals surface area contributed by atoms with Gasteiger partial charge in [-0.3, -0.25) is 27.3 Å². The quantitative estimate of drug-likeness (QED) is 0.0276. The van der Waals surface area contributed by atoms with Crippen molar-refractivity contribution in [1.29, 1.82) is 0 Å². The normalized spacial score (nSPS) is 13.3. The predicted octanol–water partition coefficient (Wildman–Crippen LogP) is 2.05. The van der Waals surface area contributed by atoms with E-state index in [0.29, 0.717) is 12.1 Å². The summed E-state index contributed by atoms with van der Waals surface area (Å²) >= 11 is 0. The fraction of sp³-hybridized carbons (Fsp3) is 0. The summed E-state index contributed by atoms with van der Waals surface area (Å²) in [6, 6.07) is 10.3. The molecule has 0 spiro atoms. The molecule has 6 aromatic rings. The van der Waals surface area contributed by atoms with E-state index < -0.39 is 146 Å². The fourth-order valence-corrected chi connectivity index (χ4v) is 10.5. The third kappa shape index (κ3) is 10.9. The number of azo groups is 2. The van der Waals surface area contributed by atoms with Crippen molar-refractivity contribution in [2.24, 2.45) is 20.5 Å². The minimum Gasteiger partial charge on any atom is -0.505 e. The van der Waals surface area contributed by atoms with Crippen molar-refractivity contribution >= 4 is 129 Å². The fourth-order valence-electron chi connectivity index (χ4n) is 6.22. The average Bonchev–Trinajstić information content (AvgIpc) is 3.17. The van der Waals surface area contributed by atoms with Crippen LogP contribution in [-0.4, -0.2) is 88.0 Å². The minimum atomic E-state index is -5.23. The standard InChI is InChI=1S/C34H26N6O20S6.Na/c35-31-27(65(55,56)57)13-25(63(49,50)51)19-7-9-21(33(41)29(19)31)39-37-17-5-3-15(23(11-17)61(43,44)45)1-2-16-4-6-18(12-24(16)62(46,47)48)38-40-22-10-8-20-26(64(52,53)54)14-28(66(58,59)60)32(36)30(20)34(22)42;/h1-14,41-42H,35-36H2,(H,43,44,45)(H,46,47,48)(H,49,50,51)(H,52,53,54)(H,55,56,57)(H,58,59,60);/q;+1/b2-1+,39-37?,40-38?;. The number of hydrogen-bond acceptors (Lipinski definition) is 20. The molecule has 6 aromatic carbocycles. The summed E-state index contributed by atoms with van der Waals surface area (Å²) < 4.78 is 204. The smallest absolute Gasteiger partial charge is 0.505 e. The maximum absolute atomic E-state index is 12.4. The van der Waals surface area contributed by atoms with Gasteiger partial charge in [-0.05, 0) is 59.7 Å². The van der Waals surface area contributed by atoms with E-state index in [1.165, 1.54) is 0 Å². The second-order valence-corrected chi connectivity index (χ2v) is 21.7.